The standard InChI is InChI=1S/C12H20N4O2.ClH/c1-3-9-6-11(16(2)15-9)14-12(17)7-10-8-18-5-4-13-10;/h6,10,13H,3-5,7-8H2,1-2H3,(H,14,17);1H. The lowest BCUT2D eigenvalue weighted by molar-refractivity contribution is -0.117. The van der Waals surface area contributed by atoms with E-state index in [1.807, 2.05) is 20.0 Å². The average molecular weight is 289 g/mol. The molecule has 0 aromatic carbocycles. The van der Waals surface area contributed by atoms with Crippen molar-refractivity contribution in [2.24, 2.45) is 7.05 Å². The molecule has 0 spiro atoms. The predicted octanol–water partition coefficient (Wildman–Crippen LogP) is 0.721. The minimum atomic E-state index is -0.0105. The summed E-state index contributed by atoms with van der Waals surface area (Å²) in [7, 11) is 1.83. The van der Waals surface area contributed by atoms with E-state index in [1.165, 1.54) is 0 Å². The Kier molecular flexibility index (Phi) is 6.27. The molecule has 2 rings (SSSR count). The van der Waals surface area contributed by atoms with Gasteiger partial charge in [-0.3, -0.25) is 9.48 Å². The summed E-state index contributed by atoms with van der Waals surface area (Å²) in [6, 6.07) is 2.01. The zero-order chi connectivity index (χ0) is 13.0. The van der Waals surface area contributed by atoms with Crippen molar-refractivity contribution in [1.29, 1.82) is 0 Å². The van der Waals surface area contributed by atoms with Crippen LogP contribution in [0.2, 0.25) is 0 Å². The van der Waals surface area contributed by atoms with Gasteiger partial charge in [0.05, 0.1) is 18.9 Å². The number of amides is 1. The molecule has 1 atom stereocenters. The second-order valence-corrected chi connectivity index (χ2v) is 4.48. The Morgan fingerprint density at radius 3 is 3.05 bits per heavy atom. The predicted molar refractivity (Wildman–Crippen MR) is 75.7 cm³/mol. The maximum absolute atomic E-state index is 11.9. The Bertz CT molecular complexity index is 416. The van der Waals surface area contributed by atoms with Gasteiger partial charge in [-0.2, -0.15) is 5.10 Å². The van der Waals surface area contributed by atoms with Gasteiger partial charge in [-0.25, -0.2) is 0 Å². The molecule has 1 aromatic heterocycles. The summed E-state index contributed by atoms with van der Waals surface area (Å²) in [6.45, 7) is 4.17. The van der Waals surface area contributed by atoms with Gasteiger partial charge in [-0.15, -0.1) is 12.4 Å². The van der Waals surface area contributed by atoms with Crippen LogP contribution in [-0.2, 0) is 23.0 Å². The number of ether oxygens (including phenoxy) is 1. The molecule has 2 N–H and O–H groups in total. The summed E-state index contributed by atoms with van der Waals surface area (Å²) < 4.78 is 7.01. The van der Waals surface area contributed by atoms with Gasteiger partial charge >= 0.3 is 0 Å². The van der Waals surface area contributed by atoms with Gasteiger partial charge in [0.15, 0.2) is 0 Å². The smallest absolute Gasteiger partial charge is 0.227 e. The van der Waals surface area contributed by atoms with E-state index in [0.29, 0.717) is 13.0 Å². The molecule has 1 saturated heterocycles. The number of carbonyl (C=O) groups excluding carboxylic acids is 1. The van der Waals surface area contributed by atoms with E-state index in [-0.39, 0.29) is 24.4 Å². The van der Waals surface area contributed by atoms with Gasteiger partial charge in [0.2, 0.25) is 5.91 Å². The van der Waals surface area contributed by atoms with E-state index in [1.54, 1.807) is 4.68 Å². The Hall–Kier alpha value is -1.11. The number of morpholine rings is 1. The van der Waals surface area contributed by atoms with E-state index in [2.05, 4.69) is 15.7 Å². The van der Waals surface area contributed by atoms with Crippen molar-refractivity contribution < 1.29 is 9.53 Å². The second-order valence-electron chi connectivity index (χ2n) is 4.48. The summed E-state index contributed by atoms with van der Waals surface area (Å²) in [5, 5.41) is 10.4. The second kappa shape index (κ2) is 7.47. The maximum Gasteiger partial charge on any atom is 0.227 e. The summed E-state index contributed by atoms with van der Waals surface area (Å²) in [6.07, 6.45) is 1.29. The lowest BCUT2D eigenvalue weighted by Crippen LogP contribution is -2.43. The van der Waals surface area contributed by atoms with Crippen LogP contribution in [0.1, 0.15) is 19.0 Å². The molecule has 1 fully saturated rings. The first kappa shape index (κ1) is 15.9. The molecular weight excluding hydrogens is 268 g/mol. The Morgan fingerprint density at radius 2 is 2.47 bits per heavy atom. The quantitative estimate of drug-likeness (QED) is 0.857. The van der Waals surface area contributed by atoms with Crippen molar-refractivity contribution in [1.82, 2.24) is 15.1 Å². The van der Waals surface area contributed by atoms with Gasteiger partial charge in [-0.1, -0.05) is 6.92 Å². The number of aromatic nitrogens is 2. The molecule has 2 heterocycles. The summed E-state index contributed by atoms with van der Waals surface area (Å²) in [5.74, 6) is 0.734. The van der Waals surface area contributed by atoms with Crippen LogP contribution in [0.4, 0.5) is 5.82 Å². The van der Waals surface area contributed by atoms with Crippen LogP contribution in [0.25, 0.3) is 0 Å². The minimum absolute atomic E-state index is 0. The molecule has 6 nitrogen and oxygen atoms in total. The van der Waals surface area contributed by atoms with Crippen molar-refractivity contribution in [3.05, 3.63) is 11.8 Å². The molecule has 0 saturated carbocycles. The molecule has 1 unspecified atom stereocenters. The SMILES string of the molecule is CCc1cc(NC(=O)CC2COCCN2)n(C)n1.Cl. The number of rotatable bonds is 4. The van der Waals surface area contributed by atoms with Gasteiger partial charge in [-0.05, 0) is 6.42 Å². The first-order valence-electron chi connectivity index (χ1n) is 6.33. The number of nitrogens with zero attached hydrogens (tertiary/aromatic N) is 2. The fraction of sp³-hybridized carbons (Fsp3) is 0.667. The van der Waals surface area contributed by atoms with Crippen molar-refractivity contribution in [3.63, 3.8) is 0 Å². The van der Waals surface area contributed by atoms with Gasteiger partial charge in [0, 0.05) is 32.1 Å². The van der Waals surface area contributed by atoms with E-state index >= 15 is 0 Å². The molecule has 0 radical (unpaired) electrons. The van der Waals surface area contributed by atoms with Crippen LogP contribution < -0.4 is 10.6 Å². The fourth-order valence-electron chi connectivity index (χ4n) is 1.98. The first-order valence-corrected chi connectivity index (χ1v) is 6.33. The molecule has 7 heteroatoms. The van der Waals surface area contributed by atoms with Crippen LogP contribution in [0.3, 0.4) is 0 Å². The molecule has 1 aromatic rings. The van der Waals surface area contributed by atoms with E-state index in [0.717, 1.165) is 31.1 Å². The zero-order valence-corrected chi connectivity index (χ0v) is 12.1. The Morgan fingerprint density at radius 1 is 1.68 bits per heavy atom. The highest BCUT2D eigenvalue weighted by Gasteiger charge is 2.17. The zero-order valence-electron chi connectivity index (χ0n) is 11.3. The van der Waals surface area contributed by atoms with Crippen LogP contribution in [0.5, 0.6) is 0 Å². The third-order valence-corrected chi connectivity index (χ3v) is 2.99. The van der Waals surface area contributed by atoms with E-state index in [4.69, 9.17) is 4.74 Å². The van der Waals surface area contributed by atoms with Crippen LogP contribution in [0, 0.1) is 0 Å². The summed E-state index contributed by atoms with van der Waals surface area (Å²) >= 11 is 0. The van der Waals surface area contributed by atoms with Crippen LogP contribution >= 0.6 is 12.4 Å². The van der Waals surface area contributed by atoms with Crippen molar-refractivity contribution in [3.8, 4) is 0 Å². The van der Waals surface area contributed by atoms with Crippen LogP contribution in [0.15, 0.2) is 6.07 Å². The lowest BCUT2D eigenvalue weighted by Gasteiger charge is -2.23. The summed E-state index contributed by atoms with van der Waals surface area (Å²) in [5.41, 5.74) is 0.979. The molecular formula is C12H21ClN4O2. The highest BCUT2D eigenvalue weighted by atomic mass is 35.5. The molecule has 1 aliphatic heterocycles. The third kappa shape index (κ3) is 4.49. The van der Waals surface area contributed by atoms with Crippen molar-refractivity contribution in [2.45, 2.75) is 25.8 Å². The van der Waals surface area contributed by atoms with Gasteiger partial charge < -0.3 is 15.4 Å². The number of hydrogen-bond donors (Lipinski definition) is 2. The normalized spacial score (nSPS) is 18.7. The van der Waals surface area contributed by atoms with E-state index in [9.17, 15) is 4.79 Å². The molecule has 1 amide bonds. The molecule has 19 heavy (non-hydrogen) atoms. The lowest BCUT2D eigenvalue weighted by atomic mass is 10.2. The monoisotopic (exact) mass is 288 g/mol. The van der Waals surface area contributed by atoms with Gasteiger partial charge in [0.1, 0.15) is 5.82 Å². The van der Waals surface area contributed by atoms with Crippen LogP contribution in [-0.4, -0.2) is 41.5 Å². The number of nitrogens with one attached hydrogen (secondary N) is 2. The first-order chi connectivity index (χ1) is 8.69. The number of anilines is 1. The minimum Gasteiger partial charge on any atom is -0.378 e. The Labute approximate surface area is 119 Å². The topological polar surface area (TPSA) is 68.2 Å². The molecule has 0 bridgehead atoms. The highest BCUT2D eigenvalue weighted by molar-refractivity contribution is 5.90. The number of carbonyl (C=O) groups is 1. The van der Waals surface area contributed by atoms with Gasteiger partial charge in [0.25, 0.3) is 0 Å². The average Bonchev–Trinajstić information content (AvgIpc) is 2.71. The molecule has 108 valence electrons. The number of aryl methyl sites for hydroxylation is 2. The molecule has 1 aliphatic rings. The maximum atomic E-state index is 11.9. The van der Waals surface area contributed by atoms with Crippen molar-refractivity contribution >= 4 is 24.1 Å². The summed E-state index contributed by atoms with van der Waals surface area (Å²) in [4.78, 5) is 11.9. The number of halogens is 1. The largest absolute Gasteiger partial charge is 0.378 e. The van der Waals surface area contributed by atoms with Crippen molar-refractivity contribution in [2.75, 3.05) is 25.1 Å². The third-order valence-electron chi connectivity index (χ3n) is 2.99. The Balaban J connectivity index is 0.00000180. The van der Waals surface area contributed by atoms with E-state index < -0.39 is 0 Å². The number of hydrogen-bond acceptors (Lipinski definition) is 4. The fourth-order valence-corrected chi connectivity index (χ4v) is 1.98. The molecule has 0 aliphatic carbocycles. The highest BCUT2D eigenvalue weighted by Crippen LogP contribution is 2.10.